The number of halogens is 6. The molecule has 0 unspecified atom stereocenters. The Morgan fingerprint density at radius 2 is 2.05 bits per heavy atom. The van der Waals surface area contributed by atoms with E-state index in [1.807, 2.05) is 0 Å². The molecule has 0 saturated carbocycles. The summed E-state index contributed by atoms with van der Waals surface area (Å²) in [6, 6.07) is 0. The van der Waals surface area contributed by atoms with Crippen molar-refractivity contribution < 1.29 is 36.6 Å². The van der Waals surface area contributed by atoms with E-state index in [9.17, 15) is 26.7 Å². The molecular formula is C9H5ClF5NO3. The van der Waals surface area contributed by atoms with Gasteiger partial charge in [-0.1, -0.05) is 0 Å². The molecule has 19 heavy (non-hydrogen) atoms. The molecule has 1 aromatic heterocycles. The summed E-state index contributed by atoms with van der Waals surface area (Å²) in [4.78, 5) is 14.1. The van der Waals surface area contributed by atoms with Crippen LogP contribution in [0.1, 0.15) is 28.0 Å². The maximum Gasteiger partial charge on any atom is 0.573 e. The van der Waals surface area contributed by atoms with E-state index in [4.69, 9.17) is 16.7 Å². The van der Waals surface area contributed by atoms with E-state index in [0.29, 0.717) is 6.20 Å². The number of carbonyl (C=O) groups is 1. The molecule has 0 atom stereocenters. The molecule has 4 nitrogen and oxygen atoms in total. The predicted molar refractivity (Wildman–Crippen MR) is 52.4 cm³/mol. The summed E-state index contributed by atoms with van der Waals surface area (Å²) in [5.41, 5.74) is -3.02. The van der Waals surface area contributed by atoms with E-state index < -0.39 is 47.2 Å². The van der Waals surface area contributed by atoms with Crippen molar-refractivity contribution in [3.8, 4) is 5.75 Å². The third-order valence-electron chi connectivity index (χ3n) is 1.95. The number of hydrogen-bond acceptors (Lipinski definition) is 3. The van der Waals surface area contributed by atoms with Crippen LogP contribution >= 0.6 is 11.6 Å². The van der Waals surface area contributed by atoms with Crippen LogP contribution in [0.3, 0.4) is 0 Å². The van der Waals surface area contributed by atoms with E-state index >= 15 is 0 Å². The van der Waals surface area contributed by atoms with Gasteiger partial charge in [0.1, 0.15) is 5.56 Å². The first-order valence-corrected chi connectivity index (χ1v) is 5.05. The minimum absolute atomic E-state index is 0.389. The van der Waals surface area contributed by atoms with Crippen LogP contribution in [0.2, 0.25) is 0 Å². The molecule has 0 aromatic carbocycles. The number of ether oxygens (including phenoxy) is 1. The van der Waals surface area contributed by atoms with Crippen LogP contribution in [0.4, 0.5) is 22.0 Å². The first kappa shape index (κ1) is 15.4. The third-order valence-corrected chi connectivity index (χ3v) is 2.20. The van der Waals surface area contributed by atoms with Gasteiger partial charge in [-0.05, 0) is 0 Å². The lowest BCUT2D eigenvalue weighted by molar-refractivity contribution is -0.274. The smallest absolute Gasteiger partial charge is 0.478 e. The standard InChI is InChI=1S/C9H5ClF5NO3/c10-1-3-5(7(11)12)6(8(17)18)4(2-16-3)19-9(13,14)15/h2,7H,1H2,(H,17,18). The summed E-state index contributed by atoms with van der Waals surface area (Å²) in [5, 5.41) is 8.76. The number of aromatic nitrogens is 1. The molecule has 0 aliphatic heterocycles. The number of alkyl halides is 6. The van der Waals surface area contributed by atoms with Crippen LogP contribution < -0.4 is 4.74 Å². The molecule has 1 aromatic rings. The SMILES string of the molecule is O=C(O)c1c(OC(F)(F)F)cnc(CCl)c1C(F)F. The average Bonchev–Trinajstić information content (AvgIpc) is 2.25. The summed E-state index contributed by atoms with van der Waals surface area (Å²) < 4.78 is 65.0. The van der Waals surface area contributed by atoms with Crippen molar-refractivity contribution in [2.75, 3.05) is 0 Å². The highest BCUT2D eigenvalue weighted by Crippen LogP contribution is 2.34. The molecule has 0 saturated heterocycles. The summed E-state index contributed by atoms with van der Waals surface area (Å²) >= 11 is 5.29. The normalized spacial score (nSPS) is 11.7. The maximum atomic E-state index is 12.7. The lowest BCUT2D eigenvalue weighted by Gasteiger charge is -2.15. The monoisotopic (exact) mass is 305 g/mol. The molecule has 106 valence electrons. The van der Waals surface area contributed by atoms with Gasteiger partial charge in [0.2, 0.25) is 0 Å². The van der Waals surface area contributed by atoms with Crippen LogP contribution in [0.25, 0.3) is 0 Å². The second-order valence-corrected chi connectivity index (χ2v) is 3.41. The van der Waals surface area contributed by atoms with Gasteiger partial charge in [-0.3, -0.25) is 4.98 Å². The lowest BCUT2D eigenvalue weighted by Crippen LogP contribution is -2.21. The molecule has 0 radical (unpaired) electrons. The molecule has 1 N–H and O–H groups in total. The van der Waals surface area contributed by atoms with E-state index in [-0.39, 0.29) is 0 Å². The van der Waals surface area contributed by atoms with Crippen molar-refractivity contribution >= 4 is 17.6 Å². The number of nitrogens with zero attached hydrogens (tertiary/aromatic N) is 1. The summed E-state index contributed by atoms with van der Waals surface area (Å²) in [6.45, 7) is 0. The van der Waals surface area contributed by atoms with Crippen molar-refractivity contribution in [3.63, 3.8) is 0 Å². The Hall–Kier alpha value is -1.64. The summed E-state index contributed by atoms with van der Waals surface area (Å²) in [6.07, 6.45) is -8.20. The van der Waals surface area contributed by atoms with Crippen LogP contribution in [-0.2, 0) is 5.88 Å². The topological polar surface area (TPSA) is 59.4 Å². The Morgan fingerprint density at radius 3 is 2.42 bits per heavy atom. The summed E-state index contributed by atoms with van der Waals surface area (Å²) in [7, 11) is 0. The van der Waals surface area contributed by atoms with Crippen LogP contribution in [0.15, 0.2) is 6.20 Å². The first-order chi connectivity index (χ1) is 8.67. The highest BCUT2D eigenvalue weighted by Gasteiger charge is 2.36. The van der Waals surface area contributed by atoms with Gasteiger partial charge >= 0.3 is 12.3 Å². The highest BCUT2D eigenvalue weighted by atomic mass is 35.5. The van der Waals surface area contributed by atoms with E-state index in [2.05, 4.69) is 9.72 Å². The molecule has 0 fully saturated rings. The van der Waals surface area contributed by atoms with Crippen molar-refractivity contribution in [2.24, 2.45) is 0 Å². The van der Waals surface area contributed by atoms with Gasteiger partial charge in [-0.25, -0.2) is 13.6 Å². The van der Waals surface area contributed by atoms with Gasteiger partial charge in [-0.2, -0.15) is 0 Å². The number of aromatic carboxylic acids is 1. The largest absolute Gasteiger partial charge is 0.573 e. The van der Waals surface area contributed by atoms with Gasteiger partial charge in [0.15, 0.2) is 5.75 Å². The molecule has 10 heteroatoms. The zero-order valence-electron chi connectivity index (χ0n) is 8.84. The van der Waals surface area contributed by atoms with Gasteiger partial charge < -0.3 is 9.84 Å². The van der Waals surface area contributed by atoms with Gasteiger partial charge in [-0.15, -0.1) is 24.8 Å². The first-order valence-electron chi connectivity index (χ1n) is 4.52. The Labute approximate surface area is 107 Å². The average molecular weight is 306 g/mol. The van der Waals surface area contributed by atoms with E-state index in [1.54, 1.807) is 0 Å². The van der Waals surface area contributed by atoms with Crippen molar-refractivity contribution in [1.82, 2.24) is 4.98 Å². The van der Waals surface area contributed by atoms with Gasteiger partial charge in [0.25, 0.3) is 6.43 Å². The fraction of sp³-hybridized carbons (Fsp3) is 0.333. The molecule has 1 heterocycles. The second kappa shape index (κ2) is 5.55. The Balaban J connectivity index is 3.49. The zero-order valence-corrected chi connectivity index (χ0v) is 9.60. The van der Waals surface area contributed by atoms with Gasteiger partial charge in [0, 0.05) is 0 Å². The van der Waals surface area contributed by atoms with Gasteiger partial charge in [0.05, 0.1) is 23.3 Å². The van der Waals surface area contributed by atoms with Crippen LogP contribution in [-0.4, -0.2) is 22.4 Å². The van der Waals surface area contributed by atoms with Crippen molar-refractivity contribution in [2.45, 2.75) is 18.7 Å². The number of carboxylic acid groups (broad SMARTS) is 1. The maximum absolute atomic E-state index is 12.7. The minimum Gasteiger partial charge on any atom is -0.478 e. The fourth-order valence-electron chi connectivity index (χ4n) is 1.31. The summed E-state index contributed by atoms with van der Waals surface area (Å²) in [5.74, 6) is -3.89. The number of rotatable bonds is 4. The molecule has 0 aliphatic carbocycles. The quantitative estimate of drug-likeness (QED) is 0.684. The number of pyridine rings is 1. The van der Waals surface area contributed by atoms with E-state index in [1.165, 1.54) is 0 Å². The predicted octanol–water partition coefficient (Wildman–Crippen LogP) is 3.35. The molecule has 0 spiro atoms. The zero-order chi connectivity index (χ0) is 14.8. The van der Waals surface area contributed by atoms with Crippen molar-refractivity contribution in [1.29, 1.82) is 0 Å². The molecule has 0 amide bonds. The lowest BCUT2D eigenvalue weighted by atomic mass is 10.1. The van der Waals surface area contributed by atoms with Crippen LogP contribution in [0.5, 0.6) is 5.75 Å². The van der Waals surface area contributed by atoms with Crippen molar-refractivity contribution in [3.05, 3.63) is 23.0 Å². The highest BCUT2D eigenvalue weighted by molar-refractivity contribution is 6.17. The molecule has 0 aliphatic rings. The molecular weight excluding hydrogens is 301 g/mol. The van der Waals surface area contributed by atoms with Crippen LogP contribution in [0, 0.1) is 0 Å². The third kappa shape index (κ3) is 3.66. The number of carboxylic acids is 1. The molecule has 1 rings (SSSR count). The Kier molecular flexibility index (Phi) is 4.51. The fourth-order valence-corrected chi connectivity index (χ4v) is 1.52. The Morgan fingerprint density at radius 1 is 1.47 bits per heavy atom. The second-order valence-electron chi connectivity index (χ2n) is 3.15. The van der Waals surface area contributed by atoms with E-state index in [0.717, 1.165) is 0 Å². The molecule has 0 bridgehead atoms. The minimum atomic E-state index is -5.23. The Bertz CT molecular complexity index is 491. The number of hydrogen-bond donors (Lipinski definition) is 1.